The zero-order valence-electron chi connectivity index (χ0n) is 14.9. The molecule has 2 fully saturated rings. The Kier molecular flexibility index (Phi) is 4.06. The predicted molar refractivity (Wildman–Crippen MR) is 90.9 cm³/mol. The molecule has 1 spiro atoms. The van der Waals surface area contributed by atoms with Crippen LogP contribution in [0, 0.1) is 17.7 Å². The van der Waals surface area contributed by atoms with Crippen LogP contribution in [-0.2, 0) is 24.7 Å². The van der Waals surface area contributed by atoms with Crippen LogP contribution in [0.15, 0.2) is 18.2 Å². The Balaban J connectivity index is 1.86. The summed E-state index contributed by atoms with van der Waals surface area (Å²) in [6, 6.07) is 3.01. The third-order valence-electron chi connectivity index (χ3n) is 5.74. The number of halogens is 1. The molecule has 3 aliphatic rings. The summed E-state index contributed by atoms with van der Waals surface area (Å²) in [4.78, 5) is 40.1. The van der Waals surface area contributed by atoms with E-state index in [1.165, 1.54) is 32.2 Å². The molecule has 0 unspecified atom stereocenters. The molecule has 0 saturated carbocycles. The van der Waals surface area contributed by atoms with Gasteiger partial charge in [-0.1, -0.05) is 0 Å². The average Bonchev–Trinajstić information content (AvgIpc) is 3.20. The molecule has 3 heterocycles. The molecule has 3 N–H and O–H groups in total. The summed E-state index contributed by atoms with van der Waals surface area (Å²) in [6.07, 6.45) is -0.999. The highest BCUT2D eigenvalue weighted by molar-refractivity contribution is 6.15. The van der Waals surface area contributed by atoms with Crippen molar-refractivity contribution in [3.05, 3.63) is 29.6 Å². The van der Waals surface area contributed by atoms with E-state index >= 15 is 0 Å². The van der Waals surface area contributed by atoms with E-state index in [9.17, 15) is 23.9 Å². The number of aliphatic hydroxyl groups excluding tert-OH is 1. The molecule has 144 valence electrons. The molecule has 0 aliphatic carbocycles. The molecule has 1 aromatic rings. The SMILES string of the molecule is COCCN1C(=O)[C@@H]2[C@H]([C@@H](C)O)N[C@@]3(C(=O)Nc4ccc(F)cc43)[C@@H]2C1=O. The van der Waals surface area contributed by atoms with Crippen molar-refractivity contribution in [2.75, 3.05) is 25.6 Å². The van der Waals surface area contributed by atoms with E-state index in [-0.39, 0.29) is 18.7 Å². The molecule has 8 nitrogen and oxygen atoms in total. The smallest absolute Gasteiger partial charge is 0.250 e. The lowest BCUT2D eigenvalue weighted by molar-refractivity contribution is -0.143. The molecule has 5 atom stereocenters. The maximum Gasteiger partial charge on any atom is 0.250 e. The van der Waals surface area contributed by atoms with Crippen LogP contribution in [0.25, 0.3) is 0 Å². The fourth-order valence-corrected chi connectivity index (χ4v) is 4.58. The first-order chi connectivity index (χ1) is 12.8. The molecule has 27 heavy (non-hydrogen) atoms. The first-order valence-electron chi connectivity index (χ1n) is 8.74. The number of likely N-dealkylation sites (tertiary alicyclic amines) is 1. The molecule has 1 aromatic carbocycles. The van der Waals surface area contributed by atoms with Crippen LogP contribution < -0.4 is 10.6 Å². The van der Waals surface area contributed by atoms with Gasteiger partial charge in [-0.05, 0) is 25.1 Å². The Morgan fingerprint density at radius 3 is 2.74 bits per heavy atom. The summed E-state index contributed by atoms with van der Waals surface area (Å²) in [7, 11) is 1.46. The Bertz CT molecular complexity index is 844. The number of aliphatic hydroxyl groups is 1. The van der Waals surface area contributed by atoms with Crippen molar-refractivity contribution in [1.82, 2.24) is 10.2 Å². The quantitative estimate of drug-likeness (QED) is 0.615. The molecular weight excluding hydrogens is 357 g/mol. The Morgan fingerprint density at radius 1 is 1.33 bits per heavy atom. The first kappa shape index (κ1) is 18.0. The normalized spacial score (nSPS) is 32.8. The number of nitrogens with zero attached hydrogens (tertiary/aromatic N) is 1. The minimum absolute atomic E-state index is 0.0569. The molecule has 0 bridgehead atoms. The van der Waals surface area contributed by atoms with Crippen LogP contribution in [0.5, 0.6) is 0 Å². The van der Waals surface area contributed by atoms with E-state index < -0.39 is 53.1 Å². The van der Waals surface area contributed by atoms with Gasteiger partial charge in [0.15, 0.2) is 0 Å². The highest BCUT2D eigenvalue weighted by Gasteiger charge is 2.71. The van der Waals surface area contributed by atoms with Crippen LogP contribution in [0.3, 0.4) is 0 Å². The van der Waals surface area contributed by atoms with Crippen molar-refractivity contribution < 1.29 is 28.6 Å². The van der Waals surface area contributed by atoms with Gasteiger partial charge in [0.25, 0.3) is 0 Å². The molecular formula is C18H20FN3O5. The van der Waals surface area contributed by atoms with E-state index in [0.29, 0.717) is 5.69 Å². The van der Waals surface area contributed by atoms with Crippen LogP contribution in [-0.4, -0.2) is 60.1 Å². The van der Waals surface area contributed by atoms with Crippen molar-refractivity contribution in [2.45, 2.75) is 24.6 Å². The molecule has 3 aliphatic heterocycles. The summed E-state index contributed by atoms with van der Waals surface area (Å²) in [5, 5.41) is 15.9. The molecule has 3 amide bonds. The topological polar surface area (TPSA) is 108 Å². The summed E-state index contributed by atoms with van der Waals surface area (Å²) in [5.74, 6) is -4.06. The fourth-order valence-electron chi connectivity index (χ4n) is 4.58. The van der Waals surface area contributed by atoms with Crippen molar-refractivity contribution in [3.8, 4) is 0 Å². The van der Waals surface area contributed by atoms with Gasteiger partial charge in [-0.3, -0.25) is 24.6 Å². The Labute approximate surface area is 154 Å². The minimum atomic E-state index is -1.60. The predicted octanol–water partition coefficient (Wildman–Crippen LogP) is -0.427. The van der Waals surface area contributed by atoms with Gasteiger partial charge in [-0.15, -0.1) is 0 Å². The van der Waals surface area contributed by atoms with Gasteiger partial charge in [0.05, 0.1) is 31.1 Å². The van der Waals surface area contributed by atoms with Gasteiger partial charge >= 0.3 is 0 Å². The number of fused-ring (bicyclic) bond motifs is 4. The van der Waals surface area contributed by atoms with Crippen LogP contribution in [0.1, 0.15) is 12.5 Å². The molecule has 9 heteroatoms. The number of anilines is 1. The second kappa shape index (κ2) is 6.08. The van der Waals surface area contributed by atoms with Gasteiger partial charge in [0.2, 0.25) is 17.7 Å². The lowest BCUT2D eigenvalue weighted by Gasteiger charge is -2.30. The number of hydrogen-bond acceptors (Lipinski definition) is 6. The summed E-state index contributed by atoms with van der Waals surface area (Å²) >= 11 is 0. The zero-order valence-corrected chi connectivity index (χ0v) is 14.9. The van der Waals surface area contributed by atoms with Crippen molar-refractivity contribution in [3.63, 3.8) is 0 Å². The molecule has 0 radical (unpaired) electrons. The van der Waals surface area contributed by atoms with Crippen LogP contribution in [0.4, 0.5) is 10.1 Å². The fraction of sp³-hybridized carbons (Fsp3) is 0.500. The number of nitrogens with one attached hydrogen (secondary N) is 2. The van der Waals surface area contributed by atoms with E-state index in [2.05, 4.69) is 10.6 Å². The van der Waals surface area contributed by atoms with Crippen molar-refractivity contribution >= 4 is 23.4 Å². The maximum absolute atomic E-state index is 13.9. The van der Waals surface area contributed by atoms with Gasteiger partial charge in [0, 0.05) is 24.4 Å². The monoisotopic (exact) mass is 377 g/mol. The number of hydrogen-bond donors (Lipinski definition) is 3. The van der Waals surface area contributed by atoms with Crippen molar-refractivity contribution in [2.24, 2.45) is 11.8 Å². The largest absolute Gasteiger partial charge is 0.392 e. The van der Waals surface area contributed by atoms with E-state index in [0.717, 1.165) is 4.90 Å². The Hall–Kier alpha value is -2.36. The number of carbonyl (C=O) groups is 3. The van der Waals surface area contributed by atoms with Crippen molar-refractivity contribution in [1.29, 1.82) is 0 Å². The van der Waals surface area contributed by atoms with Gasteiger partial charge in [-0.25, -0.2) is 4.39 Å². The summed E-state index contributed by atoms with van der Waals surface area (Å²) in [6.45, 7) is 1.71. The van der Waals surface area contributed by atoms with E-state index in [4.69, 9.17) is 4.74 Å². The standard InChI is InChI=1S/C18H20FN3O5/c1-8(23)14-12-13(16(25)22(15(12)24)5-6-27-2)18(21-14)10-7-9(19)3-4-11(10)20-17(18)26/h3-4,7-8,12-14,21,23H,5-6H2,1-2H3,(H,20,26)/t8-,12+,13+,14+,18-/m1/s1. The number of amides is 3. The Morgan fingerprint density at radius 2 is 2.07 bits per heavy atom. The molecule has 2 saturated heterocycles. The third-order valence-corrected chi connectivity index (χ3v) is 5.74. The number of rotatable bonds is 4. The molecule has 4 rings (SSSR count). The lowest BCUT2D eigenvalue weighted by atomic mass is 9.76. The zero-order chi connectivity index (χ0) is 19.5. The van der Waals surface area contributed by atoms with Crippen LogP contribution in [0.2, 0.25) is 0 Å². The number of ether oxygens (including phenoxy) is 1. The van der Waals surface area contributed by atoms with Gasteiger partial charge in [0.1, 0.15) is 11.4 Å². The number of carbonyl (C=O) groups excluding carboxylic acids is 3. The second-order valence-corrected chi connectivity index (χ2v) is 7.19. The summed E-state index contributed by atoms with van der Waals surface area (Å²) in [5.41, 5.74) is -0.937. The maximum atomic E-state index is 13.9. The summed E-state index contributed by atoms with van der Waals surface area (Å²) < 4.78 is 18.9. The molecule has 0 aromatic heterocycles. The van der Waals surface area contributed by atoms with Crippen LogP contribution >= 0.6 is 0 Å². The first-order valence-corrected chi connectivity index (χ1v) is 8.74. The highest BCUT2D eigenvalue weighted by atomic mass is 19.1. The third kappa shape index (κ3) is 2.28. The minimum Gasteiger partial charge on any atom is -0.392 e. The number of methoxy groups -OCH3 is 1. The van der Waals surface area contributed by atoms with Gasteiger partial charge in [-0.2, -0.15) is 0 Å². The highest BCUT2D eigenvalue weighted by Crippen LogP contribution is 2.53. The number of benzene rings is 1. The van der Waals surface area contributed by atoms with E-state index in [1.807, 2.05) is 0 Å². The van der Waals surface area contributed by atoms with Gasteiger partial charge < -0.3 is 15.2 Å². The number of imide groups is 1. The average molecular weight is 377 g/mol. The van der Waals surface area contributed by atoms with E-state index in [1.54, 1.807) is 0 Å². The lowest BCUT2D eigenvalue weighted by Crippen LogP contribution is -2.55. The second-order valence-electron chi connectivity index (χ2n) is 7.19.